The highest BCUT2D eigenvalue weighted by Gasteiger charge is 2.54. The SMILES string of the molecule is CO[C@]1(c2ccc(Cl)cc2)c2c(F)cc(C(C)(O)C3CCS(=O)(=O)CC3)cc2C(=O)N1Cc1ccc(Cl)cn1. The van der Waals surface area contributed by atoms with E-state index < -0.39 is 38.8 Å². The molecule has 1 N–H and O–H groups in total. The standard InChI is InChI=1S/C28H27Cl2FN2O5S/c1-27(35,17-9-11-39(36,37)12-10-17)19-13-23-25(24(31)14-19)28(38-2,18-3-5-20(29)6-4-18)33(26(23)34)16-22-8-7-21(30)15-32-22/h3-8,13-15,17,35H,9-12,16H2,1-2H3/t27?,28-/m1/s1. The van der Waals surface area contributed by atoms with Gasteiger partial charge >= 0.3 is 0 Å². The fourth-order valence-electron chi connectivity index (χ4n) is 5.67. The van der Waals surface area contributed by atoms with Crippen LogP contribution in [0.25, 0.3) is 0 Å². The van der Waals surface area contributed by atoms with Crippen LogP contribution in [0.3, 0.4) is 0 Å². The molecule has 0 aliphatic carbocycles. The lowest BCUT2D eigenvalue weighted by atomic mass is 9.78. The smallest absolute Gasteiger partial charge is 0.257 e. The van der Waals surface area contributed by atoms with Crippen LogP contribution >= 0.6 is 23.2 Å². The number of amides is 1. The Kier molecular flexibility index (Phi) is 7.26. The van der Waals surface area contributed by atoms with Crippen molar-refractivity contribution >= 4 is 38.9 Å². The third kappa shape index (κ3) is 4.85. The van der Waals surface area contributed by atoms with Gasteiger partial charge in [0.25, 0.3) is 5.91 Å². The molecule has 2 atom stereocenters. The number of sulfone groups is 1. The third-order valence-corrected chi connectivity index (χ3v) is 10.0. The minimum atomic E-state index is -3.16. The van der Waals surface area contributed by atoms with Gasteiger partial charge in [-0.3, -0.25) is 14.7 Å². The van der Waals surface area contributed by atoms with Crippen LogP contribution in [-0.2, 0) is 32.4 Å². The van der Waals surface area contributed by atoms with Crippen molar-refractivity contribution < 1.29 is 27.4 Å². The lowest BCUT2D eigenvalue weighted by Crippen LogP contribution is -2.46. The van der Waals surface area contributed by atoms with Crippen LogP contribution in [0.4, 0.5) is 4.39 Å². The lowest BCUT2D eigenvalue weighted by Gasteiger charge is -2.38. The van der Waals surface area contributed by atoms with Crippen LogP contribution in [0.1, 0.15) is 52.5 Å². The van der Waals surface area contributed by atoms with Crippen LogP contribution in [0.2, 0.25) is 10.0 Å². The van der Waals surface area contributed by atoms with Gasteiger partial charge in [-0.2, -0.15) is 0 Å². The molecule has 1 unspecified atom stereocenters. The van der Waals surface area contributed by atoms with Crippen molar-refractivity contribution in [2.24, 2.45) is 5.92 Å². The van der Waals surface area contributed by atoms with Crippen molar-refractivity contribution in [1.29, 1.82) is 0 Å². The Morgan fingerprint density at radius 2 is 1.77 bits per heavy atom. The summed E-state index contributed by atoms with van der Waals surface area (Å²) in [4.78, 5) is 19.7. The molecule has 0 saturated carbocycles. The van der Waals surface area contributed by atoms with Gasteiger partial charge in [0, 0.05) is 23.9 Å². The maximum absolute atomic E-state index is 16.2. The average molecular weight is 594 g/mol. The number of hydrogen-bond donors (Lipinski definition) is 1. The molecule has 206 valence electrons. The van der Waals surface area contributed by atoms with Gasteiger partial charge in [0.2, 0.25) is 0 Å². The summed E-state index contributed by atoms with van der Waals surface area (Å²) in [6.45, 7) is 1.52. The van der Waals surface area contributed by atoms with E-state index in [1.807, 2.05) is 0 Å². The molecule has 2 aliphatic rings. The predicted molar refractivity (Wildman–Crippen MR) is 146 cm³/mol. The van der Waals surface area contributed by atoms with Gasteiger partial charge in [-0.1, -0.05) is 35.3 Å². The van der Waals surface area contributed by atoms with Gasteiger partial charge in [0.15, 0.2) is 5.72 Å². The fourth-order valence-corrected chi connectivity index (χ4v) is 7.40. The minimum absolute atomic E-state index is 0.0112. The number of halogens is 3. The first kappa shape index (κ1) is 28.0. The monoisotopic (exact) mass is 592 g/mol. The van der Waals surface area contributed by atoms with Gasteiger partial charge in [-0.15, -0.1) is 0 Å². The number of rotatable bonds is 6. The number of aromatic nitrogens is 1. The van der Waals surface area contributed by atoms with Gasteiger partial charge in [-0.05, 0) is 67.6 Å². The molecule has 2 aliphatic heterocycles. The molecule has 3 aromatic rings. The summed E-state index contributed by atoms with van der Waals surface area (Å²) in [7, 11) is -1.77. The minimum Gasteiger partial charge on any atom is -0.385 e. The van der Waals surface area contributed by atoms with Crippen molar-refractivity contribution in [2.45, 2.75) is 37.6 Å². The first-order valence-electron chi connectivity index (χ1n) is 12.4. The Morgan fingerprint density at radius 1 is 1.13 bits per heavy atom. The van der Waals surface area contributed by atoms with Crippen molar-refractivity contribution in [3.63, 3.8) is 0 Å². The second-order valence-corrected chi connectivity index (χ2v) is 13.3. The number of methoxy groups -OCH3 is 1. The molecule has 0 bridgehead atoms. The highest BCUT2D eigenvalue weighted by atomic mass is 35.5. The van der Waals surface area contributed by atoms with Crippen LogP contribution < -0.4 is 0 Å². The molecule has 7 nitrogen and oxygen atoms in total. The van der Waals surface area contributed by atoms with E-state index >= 15 is 4.39 Å². The topological polar surface area (TPSA) is 96.8 Å². The summed E-state index contributed by atoms with van der Waals surface area (Å²) in [5, 5.41) is 12.4. The number of pyridine rings is 1. The summed E-state index contributed by atoms with van der Waals surface area (Å²) >= 11 is 12.1. The van der Waals surface area contributed by atoms with E-state index in [0.29, 0.717) is 21.3 Å². The van der Waals surface area contributed by atoms with E-state index in [-0.39, 0.29) is 47.6 Å². The molecule has 11 heteroatoms. The molecule has 1 aromatic heterocycles. The molecule has 39 heavy (non-hydrogen) atoms. The molecule has 1 fully saturated rings. The second kappa shape index (κ2) is 10.1. The third-order valence-electron chi connectivity index (χ3n) is 7.86. The Morgan fingerprint density at radius 3 is 2.36 bits per heavy atom. The predicted octanol–water partition coefficient (Wildman–Crippen LogP) is 5.06. The summed E-state index contributed by atoms with van der Waals surface area (Å²) in [6.07, 6.45) is 1.94. The summed E-state index contributed by atoms with van der Waals surface area (Å²) in [6, 6.07) is 12.6. The number of fused-ring (bicyclic) bond motifs is 1. The van der Waals surface area contributed by atoms with Crippen molar-refractivity contribution in [3.8, 4) is 0 Å². The molecular weight excluding hydrogens is 566 g/mol. The first-order chi connectivity index (χ1) is 18.4. The zero-order chi connectivity index (χ0) is 28.2. The lowest BCUT2D eigenvalue weighted by molar-refractivity contribution is -0.0886. The number of nitrogens with zero attached hydrogens (tertiary/aromatic N) is 2. The Bertz CT molecular complexity index is 1520. The zero-order valence-corrected chi connectivity index (χ0v) is 23.7. The number of benzene rings is 2. The highest BCUT2D eigenvalue weighted by Crippen LogP contribution is 2.49. The number of aliphatic hydroxyl groups is 1. The average Bonchev–Trinajstić information content (AvgIpc) is 3.14. The van der Waals surface area contributed by atoms with E-state index in [0.717, 1.165) is 0 Å². The van der Waals surface area contributed by atoms with Crippen molar-refractivity contribution in [1.82, 2.24) is 9.88 Å². The van der Waals surface area contributed by atoms with Crippen molar-refractivity contribution in [2.75, 3.05) is 18.6 Å². The van der Waals surface area contributed by atoms with E-state index in [1.54, 1.807) is 36.4 Å². The van der Waals surface area contributed by atoms with Crippen LogP contribution in [0, 0.1) is 11.7 Å². The Hall–Kier alpha value is -2.56. The molecule has 2 aromatic carbocycles. The van der Waals surface area contributed by atoms with Crippen LogP contribution in [0.15, 0.2) is 54.7 Å². The van der Waals surface area contributed by atoms with E-state index in [9.17, 15) is 18.3 Å². The molecular formula is C28H27Cl2FN2O5S. The second-order valence-electron chi connectivity index (χ2n) is 10.2. The quantitative estimate of drug-likeness (QED) is 0.429. The first-order valence-corrected chi connectivity index (χ1v) is 15.0. The molecule has 1 saturated heterocycles. The molecule has 5 rings (SSSR count). The van der Waals surface area contributed by atoms with Gasteiger partial charge in [-0.25, -0.2) is 12.8 Å². The van der Waals surface area contributed by atoms with E-state index in [1.165, 1.54) is 37.3 Å². The van der Waals surface area contributed by atoms with Crippen LogP contribution in [0.5, 0.6) is 0 Å². The maximum Gasteiger partial charge on any atom is 0.257 e. The van der Waals surface area contributed by atoms with Gasteiger partial charge in [0.05, 0.1) is 45.5 Å². The molecule has 0 spiro atoms. The zero-order valence-electron chi connectivity index (χ0n) is 21.3. The normalized spacial score (nSPS) is 22.5. The highest BCUT2D eigenvalue weighted by molar-refractivity contribution is 7.91. The summed E-state index contributed by atoms with van der Waals surface area (Å²) < 4.78 is 46.1. The Labute approximate surface area is 236 Å². The molecule has 3 heterocycles. The summed E-state index contributed by atoms with van der Waals surface area (Å²) in [5.74, 6) is -1.77. The summed E-state index contributed by atoms with van der Waals surface area (Å²) in [5.41, 5.74) is -1.97. The van der Waals surface area contributed by atoms with Crippen LogP contribution in [-0.4, -0.2) is 47.9 Å². The number of ether oxygens (including phenoxy) is 1. The largest absolute Gasteiger partial charge is 0.385 e. The Balaban J connectivity index is 1.65. The van der Waals surface area contributed by atoms with E-state index in [2.05, 4.69) is 4.98 Å². The van der Waals surface area contributed by atoms with Crippen molar-refractivity contribution in [3.05, 3.63) is 98.5 Å². The fraction of sp³-hybridized carbons (Fsp3) is 0.357. The number of carbonyl (C=O) groups is 1. The molecule has 0 radical (unpaired) electrons. The maximum atomic E-state index is 16.2. The van der Waals surface area contributed by atoms with E-state index in [4.69, 9.17) is 27.9 Å². The van der Waals surface area contributed by atoms with Gasteiger partial charge in [0.1, 0.15) is 15.7 Å². The number of hydrogen-bond acceptors (Lipinski definition) is 6. The van der Waals surface area contributed by atoms with Gasteiger partial charge < -0.3 is 9.84 Å². The number of carbonyl (C=O) groups excluding carboxylic acids is 1. The molecule has 1 amide bonds.